The van der Waals surface area contributed by atoms with E-state index in [1.165, 1.54) is 32.3 Å². The molecular weight excluding hydrogens is 376 g/mol. The van der Waals surface area contributed by atoms with E-state index in [1.54, 1.807) is 6.92 Å². The van der Waals surface area contributed by atoms with Crippen molar-refractivity contribution in [3.8, 4) is 5.75 Å². The minimum absolute atomic E-state index is 0.0807. The van der Waals surface area contributed by atoms with E-state index in [-0.39, 0.29) is 22.1 Å². The van der Waals surface area contributed by atoms with Crippen LogP contribution in [0.3, 0.4) is 0 Å². The van der Waals surface area contributed by atoms with E-state index in [0.717, 1.165) is 4.31 Å². The number of hydrogen-bond acceptors (Lipinski definition) is 5. The standard InChI is InChI=1S/C14H23ClN2O5S2/c1-4-22-13-8-7-12(11-14(13)24(20,21)17(2)3)16-23(18,19)10-6-5-9-15/h7-8,11,16H,4-6,9-10H2,1-3H3. The molecule has 7 nitrogen and oxygen atoms in total. The van der Waals surface area contributed by atoms with Crippen molar-refractivity contribution < 1.29 is 21.6 Å². The molecule has 0 saturated heterocycles. The van der Waals surface area contributed by atoms with Crippen LogP contribution in [-0.2, 0) is 20.0 Å². The second kappa shape index (κ2) is 8.89. The van der Waals surface area contributed by atoms with E-state index in [2.05, 4.69) is 4.72 Å². The normalized spacial score (nSPS) is 12.4. The molecule has 0 fully saturated rings. The molecule has 0 radical (unpaired) electrons. The van der Waals surface area contributed by atoms with Crippen LogP contribution in [0.15, 0.2) is 23.1 Å². The smallest absolute Gasteiger partial charge is 0.246 e. The van der Waals surface area contributed by atoms with Crippen LogP contribution >= 0.6 is 11.6 Å². The average molecular weight is 399 g/mol. The fourth-order valence-electron chi connectivity index (χ4n) is 1.86. The average Bonchev–Trinajstić information content (AvgIpc) is 2.48. The monoisotopic (exact) mass is 398 g/mol. The van der Waals surface area contributed by atoms with Crippen molar-refractivity contribution in [3.05, 3.63) is 18.2 Å². The Bertz CT molecular complexity index is 748. The second-order valence-electron chi connectivity index (χ2n) is 5.20. The number of nitrogens with one attached hydrogen (secondary N) is 1. The first-order valence-electron chi connectivity index (χ1n) is 7.40. The number of hydrogen-bond donors (Lipinski definition) is 1. The Balaban J connectivity index is 3.15. The Kier molecular flexibility index (Phi) is 7.78. The van der Waals surface area contributed by atoms with E-state index < -0.39 is 20.0 Å². The van der Waals surface area contributed by atoms with Crippen LogP contribution in [0.1, 0.15) is 19.8 Å². The highest BCUT2D eigenvalue weighted by Gasteiger charge is 2.23. The highest BCUT2D eigenvalue weighted by atomic mass is 35.5. The summed E-state index contributed by atoms with van der Waals surface area (Å²) in [4.78, 5) is -0.0877. The third-order valence-corrected chi connectivity index (χ3v) is 6.55. The summed E-state index contributed by atoms with van der Waals surface area (Å²) in [6, 6.07) is 4.18. The minimum atomic E-state index is -3.77. The lowest BCUT2D eigenvalue weighted by atomic mass is 10.3. The largest absolute Gasteiger partial charge is 0.492 e. The summed E-state index contributed by atoms with van der Waals surface area (Å²) in [7, 11) is -4.55. The molecule has 0 aromatic heterocycles. The SMILES string of the molecule is CCOc1ccc(NS(=O)(=O)CCCCCl)cc1S(=O)(=O)N(C)C. The molecule has 10 heteroatoms. The molecule has 0 heterocycles. The van der Waals surface area contributed by atoms with Gasteiger partial charge in [-0.2, -0.15) is 0 Å². The van der Waals surface area contributed by atoms with Crippen molar-refractivity contribution in [2.45, 2.75) is 24.7 Å². The zero-order chi connectivity index (χ0) is 18.4. The van der Waals surface area contributed by atoms with Crippen LogP contribution in [0.2, 0.25) is 0 Å². The van der Waals surface area contributed by atoms with Crippen LogP contribution in [0, 0.1) is 0 Å². The zero-order valence-electron chi connectivity index (χ0n) is 14.0. The molecule has 24 heavy (non-hydrogen) atoms. The molecule has 0 saturated carbocycles. The van der Waals surface area contributed by atoms with Crippen molar-refractivity contribution in [2.24, 2.45) is 0 Å². The molecule has 138 valence electrons. The van der Waals surface area contributed by atoms with Gasteiger partial charge in [-0.15, -0.1) is 11.6 Å². The first-order valence-corrected chi connectivity index (χ1v) is 11.0. The molecule has 1 aromatic carbocycles. The van der Waals surface area contributed by atoms with Gasteiger partial charge in [0.1, 0.15) is 10.6 Å². The number of halogens is 1. The lowest BCUT2D eigenvalue weighted by Crippen LogP contribution is -2.23. The van der Waals surface area contributed by atoms with E-state index in [1.807, 2.05) is 0 Å². The van der Waals surface area contributed by atoms with Crippen LogP contribution in [0.5, 0.6) is 5.75 Å². The number of nitrogens with zero attached hydrogens (tertiary/aromatic N) is 1. The van der Waals surface area contributed by atoms with Gasteiger partial charge in [-0.25, -0.2) is 21.1 Å². The summed E-state index contributed by atoms with van der Waals surface area (Å²) in [5.41, 5.74) is 0.171. The molecule has 0 aliphatic carbocycles. The van der Waals surface area contributed by atoms with Gasteiger partial charge >= 0.3 is 0 Å². The van der Waals surface area contributed by atoms with Gasteiger partial charge in [0.05, 0.1) is 18.0 Å². The predicted molar refractivity (Wildman–Crippen MR) is 95.8 cm³/mol. The van der Waals surface area contributed by atoms with Gasteiger partial charge in [0, 0.05) is 20.0 Å². The van der Waals surface area contributed by atoms with Gasteiger partial charge in [0.2, 0.25) is 20.0 Å². The predicted octanol–water partition coefficient (Wildman–Crippen LogP) is 2.10. The lowest BCUT2D eigenvalue weighted by Gasteiger charge is -2.17. The number of unbranched alkanes of at least 4 members (excludes halogenated alkanes) is 1. The molecule has 0 amide bonds. The topological polar surface area (TPSA) is 92.8 Å². The van der Waals surface area contributed by atoms with Gasteiger partial charge < -0.3 is 4.74 Å². The Morgan fingerprint density at radius 2 is 1.83 bits per heavy atom. The molecule has 0 aliphatic heterocycles. The van der Waals surface area contributed by atoms with Crippen molar-refractivity contribution in [3.63, 3.8) is 0 Å². The van der Waals surface area contributed by atoms with Crippen LogP contribution in [0.4, 0.5) is 5.69 Å². The number of benzene rings is 1. The summed E-state index contributed by atoms with van der Waals surface area (Å²) in [5.74, 6) is 0.489. The van der Waals surface area contributed by atoms with Crippen LogP contribution < -0.4 is 9.46 Å². The molecule has 0 spiro atoms. The van der Waals surface area contributed by atoms with Crippen LogP contribution in [0.25, 0.3) is 0 Å². The number of ether oxygens (including phenoxy) is 1. The third kappa shape index (κ3) is 5.80. The highest BCUT2D eigenvalue weighted by molar-refractivity contribution is 7.92. The van der Waals surface area contributed by atoms with Crippen molar-refractivity contribution in [1.29, 1.82) is 0 Å². The number of rotatable bonds is 10. The maximum Gasteiger partial charge on any atom is 0.246 e. The number of alkyl halides is 1. The summed E-state index contributed by atoms with van der Waals surface area (Å²) in [5, 5.41) is 0. The zero-order valence-corrected chi connectivity index (χ0v) is 16.3. The fourth-order valence-corrected chi connectivity index (χ4v) is 4.27. The van der Waals surface area contributed by atoms with E-state index >= 15 is 0 Å². The van der Waals surface area contributed by atoms with Gasteiger partial charge in [-0.1, -0.05) is 0 Å². The van der Waals surface area contributed by atoms with Gasteiger partial charge in [0.25, 0.3) is 0 Å². The lowest BCUT2D eigenvalue weighted by molar-refractivity contribution is 0.330. The van der Waals surface area contributed by atoms with Gasteiger partial charge in [-0.3, -0.25) is 4.72 Å². The Morgan fingerprint density at radius 3 is 2.38 bits per heavy atom. The molecular formula is C14H23ClN2O5S2. The van der Waals surface area contributed by atoms with Crippen LogP contribution in [-0.4, -0.2) is 53.5 Å². The Labute approximate surface area is 149 Å². The third-order valence-electron chi connectivity index (χ3n) is 3.07. The number of sulfonamides is 2. The molecule has 0 unspecified atom stereocenters. The minimum Gasteiger partial charge on any atom is -0.492 e. The highest BCUT2D eigenvalue weighted by Crippen LogP contribution is 2.29. The molecule has 0 atom stereocenters. The molecule has 1 aromatic rings. The first-order chi connectivity index (χ1) is 11.1. The van der Waals surface area contributed by atoms with E-state index in [0.29, 0.717) is 25.3 Å². The number of anilines is 1. The molecule has 0 aliphatic rings. The van der Waals surface area contributed by atoms with E-state index in [9.17, 15) is 16.8 Å². The molecule has 1 rings (SSSR count). The summed E-state index contributed by atoms with van der Waals surface area (Å²) in [6.07, 6.45) is 1.02. The molecule has 1 N–H and O–H groups in total. The first kappa shape index (κ1) is 21.0. The molecule has 0 bridgehead atoms. The Morgan fingerprint density at radius 1 is 1.17 bits per heavy atom. The quantitative estimate of drug-likeness (QED) is 0.481. The maximum atomic E-state index is 12.4. The van der Waals surface area contributed by atoms with Gasteiger partial charge in [-0.05, 0) is 38.0 Å². The van der Waals surface area contributed by atoms with Crippen molar-refractivity contribution in [1.82, 2.24) is 4.31 Å². The fraction of sp³-hybridized carbons (Fsp3) is 0.571. The Hall–Kier alpha value is -1.03. The maximum absolute atomic E-state index is 12.4. The summed E-state index contributed by atoms with van der Waals surface area (Å²) >= 11 is 5.54. The summed E-state index contributed by atoms with van der Waals surface area (Å²) in [6.45, 7) is 2.03. The van der Waals surface area contributed by atoms with Gasteiger partial charge in [0.15, 0.2) is 0 Å². The van der Waals surface area contributed by atoms with E-state index in [4.69, 9.17) is 16.3 Å². The summed E-state index contributed by atoms with van der Waals surface area (Å²) < 4.78 is 57.7. The van der Waals surface area contributed by atoms with Crippen molar-refractivity contribution in [2.75, 3.05) is 37.1 Å². The second-order valence-corrected chi connectivity index (χ2v) is 9.54. The van der Waals surface area contributed by atoms with Crippen molar-refractivity contribution >= 4 is 37.3 Å².